The molecule has 2 rings (SSSR count). The summed E-state index contributed by atoms with van der Waals surface area (Å²) in [6.45, 7) is 2.27. The van der Waals surface area contributed by atoms with Gasteiger partial charge in [0.2, 0.25) is 5.88 Å². The predicted molar refractivity (Wildman–Crippen MR) is 67.1 cm³/mol. The summed E-state index contributed by atoms with van der Waals surface area (Å²) in [5.74, 6) is -1.01. The van der Waals surface area contributed by atoms with Crippen LogP contribution in [-0.2, 0) is 13.5 Å². The van der Waals surface area contributed by atoms with Crippen LogP contribution in [0.5, 0.6) is 11.6 Å². The van der Waals surface area contributed by atoms with Crippen molar-refractivity contribution in [2.24, 2.45) is 12.8 Å². The molecule has 1 heterocycles. The number of hydrogen-bond donors (Lipinski definition) is 1. The molecule has 0 atom stereocenters. The minimum atomic E-state index is -0.752. The van der Waals surface area contributed by atoms with Crippen LogP contribution < -0.4 is 10.5 Å². The van der Waals surface area contributed by atoms with Crippen LogP contribution in [0.25, 0.3) is 0 Å². The molecule has 0 aliphatic heterocycles. The van der Waals surface area contributed by atoms with Crippen molar-refractivity contribution < 1.29 is 13.5 Å². The van der Waals surface area contributed by atoms with E-state index in [0.717, 1.165) is 23.4 Å². The van der Waals surface area contributed by atoms with Crippen molar-refractivity contribution in [1.29, 1.82) is 0 Å². The highest BCUT2D eigenvalue weighted by atomic mass is 19.1. The molecule has 1 aromatic carbocycles. The predicted octanol–water partition coefficient (Wildman–Crippen LogP) is 2.30. The van der Waals surface area contributed by atoms with Crippen molar-refractivity contribution in [3.05, 3.63) is 41.1 Å². The van der Waals surface area contributed by atoms with Gasteiger partial charge in [-0.1, -0.05) is 0 Å². The lowest BCUT2D eigenvalue weighted by Gasteiger charge is -2.09. The van der Waals surface area contributed by atoms with Crippen LogP contribution in [0.2, 0.25) is 0 Å². The van der Waals surface area contributed by atoms with Gasteiger partial charge in [-0.15, -0.1) is 0 Å². The maximum atomic E-state index is 13.6. The summed E-state index contributed by atoms with van der Waals surface area (Å²) in [6, 6.07) is 3.17. The van der Waals surface area contributed by atoms with E-state index < -0.39 is 11.6 Å². The summed E-state index contributed by atoms with van der Waals surface area (Å²) < 4.78 is 33.4. The van der Waals surface area contributed by atoms with Gasteiger partial charge in [0, 0.05) is 18.7 Å². The fraction of sp³-hybridized carbons (Fsp3) is 0.308. The Morgan fingerprint density at radius 2 is 2.11 bits per heavy atom. The second kappa shape index (κ2) is 5.36. The quantitative estimate of drug-likeness (QED) is 0.924. The molecular formula is C13H15F2N3O. The number of nitrogens with zero attached hydrogens (tertiary/aromatic N) is 2. The largest absolute Gasteiger partial charge is 0.436 e. The van der Waals surface area contributed by atoms with E-state index in [0.29, 0.717) is 18.8 Å². The van der Waals surface area contributed by atoms with Crippen molar-refractivity contribution in [3.8, 4) is 11.6 Å². The number of nitrogens with two attached hydrogens (primary N) is 1. The second-order valence-electron chi connectivity index (χ2n) is 4.21. The molecule has 0 fully saturated rings. The molecule has 0 bridgehead atoms. The molecule has 2 N–H and O–H groups in total. The molecule has 0 aliphatic carbocycles. The van der Waals surface area contributed by atoms with E-state index in [1.807, 2.05) is 6.92 Å². The first-order valence-corrected chi connectivity index (χ1v) is 5.88. The van der Waals surface area contributed by atoms with E-state index in [4.69, 9.17) is 10.5 Å². The number of halogens is 2. The van der Waals surface area contributed by atoms with Crippen LogP contribution in [0, 0.1) is 18.6 Å². The number of rotatable bonds is 4. The molecule has 1 aromatic heterocycles. The smallest absolute Gasteiger partial charge is 0.221 e. The molecule has 4 nitrogen and oxygen atoms in total. The van der Waals surface area contributed by atoms with Gasteiger partial charge in [-0.3, -0.25) is 0 Å². The van der Waals surface area contributed by atoms with Crippen molar-refractivity contribution in [2.45, 2.75) is 13.3 Å². The van der Waals surface area contributed by atoms with Crippen LogP contribution in [0.4, 0.5) is 8.78 Å². The van der Waals surface area contributed by atoms with Crippen LogP contribution in [-0.4, -0.2) is 16.3 Å². The zero-order chi connectivity index (χ0) is 14.0. The topological polar surface area (TPSA) is 53.1 Å². The Hall–Kier alpha value is -1.95. The van der Waals surface area contributed by atoms with Crippen LogP contribution in [0.15, 0.2) is 18.2 Å². The number of aromatic nitrogens is 2. The van der Waals surface area contributed by atoms with Gasteiger partial charge in [0.25, 0.3) is 0 Å². The second-order valence-corrected chi connectivity index (χ2v) is 4.21. The zero-order valence-electron chi connectivity index (χ0n) is 10.8. The molecule has 0 spiro atoms. The van der Waals surface area contributed by atoms with Crippen molar-refractivity contribution in [1.82, 2.24) is 9.78 Å². The number of hydrogen-bond acceptors (Lipinski definition) is 3. The molecule has 19 heavy (non-hydrogen) atoms. The molecular weight excluding hydrogens is 252 g/mol. The Kier molecular flexibility index (Phi) is 3.80. The van der Waals surface area contributed by atoms with Gasteiger partial charge in [0.1, 0.15) is 5.82 Å². The molecule has 0 saturated carbocycles. The van der Waals surface area contributed by atoms with Crippen LogP contribution >= 0.6 is 0 Å². The standard InChI is InChI=1S/C13H15F2N3O/c1-8-10(5-6-16)13(18(2)17-8)19-12-4-3-9(14)7-11(12)15/h3-4,7H,5-6,16H2,1-2H3. The number of aryl methyl sites for hydroxylation is 2. The first-order chi connectivity index (χ1) is 9.02. The average Bonchev–Trinajstić information content (AvgIpc) is 2.60. The lowest BCUT2D eigenvalue weighted by atomic mass is 10.2. The SMILES string of the molecule is Cc1nn(C)c(Oc2ccc(F)cc2F)c1CCN. The molecule has 2 aromatic rings. The minimum absolute atomic E-state index is 0.0392. The number of ether oxygens (including phenoxy) is 1. The highest BCUT2D eigenvalue weighted by Crippen LogP contribution is 2.29. The lowest BCUT2D eigenvalue weighted by molar-refractivity contribution is 0.397. The summed E-state index contributed by atoms with van der Waals surface area (Å²) >= 11 is 0. The third-order valence-corrected chi connectivity index (χ3v) is 2.78. The Morgan fingerprint density at radius 1 is 1.37 bits per heavy atom. The van der Waals surface area contributed by atoms with Crippen LogP contribution in [0.3, 0.4) is 0 Å². The maximum absolute atomic E-state index is 13.6. The van der Waals surface area contributed by atoms with E-state index in [2.05, 4.69) is 5.10 Å². The van der Waals surface area contributed by atoms with Gasteiger partial charge < -0.3 is 10.5 Å². The van der Waals surface area contributed by atoms with Crippen molar-refractivity contribution in [2.75, 3.05) is 6.54 Å². The summed E-state index contributed by atoms with van der Waals surface area (Å²) in [5, 5.41) is 4.21. The monoisotopic (exact) mass is 267 g/mol. The Bertz CT molecular complexity index is 596. The van der Waals surface area contributed by atoms with E-state index >= 15 is 0 Å². The van der Waals surface area contributed by atoms with Gasteiger partial charge in [-0.2, -0.15) is 5.10 Å². The molecule has 0 amide bonds. The summed E-state index contributed by atoms with van der Waals surface area (Å²) in [6.07, 6.45) is 0.581. The van der Waals surface area contributed by atoms with Gasteiger partial charge in [-0.05, 0) is 32.0 Å². The summed E-state index contributed by atoms with van der Waals surface area (Å²) in [5.41, 5.74) is 7.14. The third kappa shape index (κ3) is 2.73. The molecule has 0 saturated heterocycles. The normalized spacial score (nSPS) is 10.8. The first-order valence-electron chi connectivity index (χ1n) is 5.88. The minimum Gasteiger partial charge on any atom is -0.436 e. The highest BCUT2D eigenvalue weighted by molar-refractivity contribution is 5.36. The van der Waals surface area contributed by atoms with Crippen molar-refractivity contribution >= 4 is 0 Å². The fourth-order valence-corrected chi connectivity index (χ4v) is 1.90. The lowest BCUT2D eigenvalue weighted by Crippen LogP contribution is -2.05. The molecule has 0 unspecified atom stereocenters. The summed E-state index contributed by atoms with van der Waals surface area (Å²) in [4.78, 5) is 0. The van der Waals surface area contributed by atoms with E-state index in [1.54, 1.807) is 7.05 Å². The molecule has 6 heteroatoms. The highest BCUT2D eigenvalue weighted by Gasteiger charge is 2.16. The third-order valence-electron chi connectivity index (χ3n) is 2.78. The van der Waals surface area contributed by atoms with Gasteiger partial charge in [0.15, 0.2) is 11.6 Å². The summed E-state index contributed by atoms with van der Waals surface area (Å²) in [7, 11) is 1.70. The van der Waals surface area contributed by atoms with Gasteiger partial charge >= 0.3 is 0 Å². The number of benzene rings is 1. The maximum Gasteiger partial charge on any atom is 0.221 e. The van der Waals surface area contributed by atoms with Gasteiger partial charge in [-0.25, -0.2) is 13.5 Å². The molecule has 102 valence electrons. The Balaban J connectivity index is 2.37. The van der Waals surface area contributed by atoms with E-state index in [9.17, 15) is 8.78 Å². The van der Waals surface area contributed by atoms with Crippen LogP contribution in [0.1, 0.15) is 11.3 Å². The molecule has 0 aliphatic rings. The first kappa shape index (κ1) is 13.5. The van der Waals surface area contributed by atoms with Crippen molar-refractivity contribution in [3.63, 3.8) is 0 Å². The Labute approximate surface area is 109 Å². The van der Waals surface area contributed by atoms with E-state index in [-0.39, 0.29) is 5.75 Å². The molecule has 0 radical (unpaired) electrons. The average molecular weight is 267 g/mol. The Morgan fingerprint density at radius 3 is 2.74 bits per heavy atom. The fourth-order valence-electron chi connectivity index (χ4n) is 1.90. The zero-order valence-corrected chi connectivity index (χ0v) is 10.8. The van der Waals surface area contributed by atoms with E-state index in [1.165, 1.54) is 10.7 Å². The van der Waals surface area contributed by atoms with Gasteiger partial charge in [0.05, 0.1) is 5.69 Å².